The average Bonchev–Trinajstić information content (AvgIpc) is 2.61. The fraction of sp³-hybridized carbons (Fsp3) is 0.529. The molecule has 2 N–H and O–H groups in total. The molecule has 0 aliphatic carbocycles. The summed E-state index contributed by atoms with van der Waals surface area (Å²) in [6, 6.07) is 5.17. The molecule has 0 aromatic heterocycles. The number of hydrogen-bond acceptors (Lipinski definition) is 6. The van der Waals surface area contributed by atoms with Crippen molar-refractivity contribution in [2.24, 2.45) is 4.99 Å². The van der Waals surface area contributed by atoms with Crippen molar-refractivity contribution in [3.05, 3.63) is 29.3 Å². The Balaban J connectivity index is 2.70. The maximum absolute atomic E-state index is 11.8. The summed E-state index contributed by atoms with van der Waals surface area (Å²) in [5, 5.41) is 6.27. The minimum atomic E-state index is -3.00. The van der Waals surface area contributed by atoms with E-state index in [1.165, 1.54) is 20.5 Å². The second-order valence-electron chi connectivity index (χ2n) is 5.92. The predicted molar refractivity (Wildman–Crippen MR) is 101 cm³/mol. The summed E-state index contributed by atoms with van der Waals surface area (Å²) < 4.78 is 32.4. The van der Waals surface area contributed by atoms with Gasteiger partial charge in [-0.15, -0.1) is 0 Å². The van der Waals surface area contributed by atoms with E-state index < -0.39 is 15.8 Å². The number of nitrogens with zero attached hydrogens (tertiary/aromatic N) is 1. The molecule has 0 aliphatic rings. The fourth-order valence-electron chi connectivity index (χ4n) is 2.21. The first-order valence-electron chi connectivity index (χ1n) is 8.10. The number of sulfone groups is 1. The zero-order valence-electron chi connectivity index (χ0n) is 15.8. The van der Waals surface area contributed by atoms with Gasteiger partial charge in [-0.25, -0.2) is 13.2 Å². The van der Waals surface area contributed by atoms with E-state index >= 15 is 0 Å². The summed E-state index contributed by atoms with van der Waals surface area (Å²) >= 11 is 0. The number of rotatable bonds is 8. The molecular formula is C17H27N3O5S. The summed E-state index contributed by atoms with van der Waals surface area (Å²) in [6.07, 6.45) is 1.70. The Morgan fingerprint density at radius 1 is 1.31 bits per heavy atom. The molecule has 1 aromatic rings. The van der Waals surface area contributed by atoms with Crippen molar-refractivity contribution in [2.45, 2.75) is 25.9 Å². The van der Waals surface area contributed by atoms with Crippen LogP contribution in [0.3, 0.4) is 0 Å². The number of methoxy groups -OCH3 is 2. The number of carbonyl (C=O) groups excluding carboxylic acids is 1. The highest BCUT2D eigenvalue weighted by Gasteiger charge is 2.14. The van der Waals surface area contributed by atoms with Gasteiger partial charge in [0.25, 0.3) is 0 Å². The lowest BCUT2D eigenvalue weighted by Gasteiger charge is -2.18. The van der Waals surface area contributed by atoms with Gasteiger partial charge in [-0.3, -0.25) is 4.99 Å². The molecule has 0 spiro atoms. The third kappa shape index (κ3) is 7.30. The van der Waals surface area contributed by atoms with Crippen molar-refractivity contribution in [1.29, 1.82) is 0 Å². The first kappa shape index (κ1) is 21.8. The lowest BCUT2D eigenvalue weighted by Crippen LogP contribution is -2.42. The summed E-state index contributed by atoms with van der Waals surface area (Å²) in [6.45, 7) is 2.31. The van der Waals surface area contributed by atoms with Crippen LogP contribution >= 0.6 is 0 Å². The number of hydrogen-bond donors (Lipinski definition) is 2. The molecule has 0 amide bonds. The molecule has 1 aromatic carbocycles. The first-order chi connectivity index (χ1) is 12.2. The average molecular weight is 385 g/mol. The van der Waals surface area contributed by atoms with Gasteiger partial charge < -0.3 is 20.1 Å². The molecule has 146 valence electrons. The highest BCUT2D eigenvalue weighted by molar-refractivity contribution is 7.90. The quantitative estimate of drug-likeness (QED) is 0.390. The molecule has 0 bridgehead atoms. The van der Waals surface area contributed by atoms with E-state index in [0.717, 1.165) is 5.56 Å². The molecule has 26 heavy (non-hydrogen) atoms. The fourth-order valence-corrected chi connectivity index (χ4v) is 2.99. The van der Waals surface area contributed by atoms with Crippen LogP contribution in [0.15, 0.2) is 23.2 Å². The Morgan fingerprint density at radius 3 is 2.54 bits per heavy atom. The summed E-state index contributed by atoms with van der Waals surface area (Å²) in [7, 11) is 1.44. The largest absolute Gasteiger partial charge is 0.496 e. The molecule has 1 unspecified atom stereocenters. The maximum atomic E-state index is 11.8. The van der Waals surface area contributed by atoms with Gasteiger partial charge in [-0.1, -0.05) is 6.07 Å². The van der Waals surface area contributed by atoms with E-state index in [0.29, 0.717) is 30.2 Å². The molecule has 8 nitrogen and oxygen atoms in total. The third-order valence-electron chi connectivity index (χ3n) is 3.66. The van der Waals surface area contributed by atoms with Gasteiger partial charge in [0.1, 0.15) is 21.2 Å². The number of esters is 1. The van der Waals surface area contributed by atoms with Crippen LogP contribution in [-0.2, 0) is 21.1 Å². The molecule has 0 saturated heterocycles. The Morgan fingerprint density at radius 2 is 2.00 bits per heavy atom. The molecule has 0 heterocycles. The molecular weight excluding hydrogens is 358 g/mol. The van der Waals surface area contributed by atoms with Crippen molar-refractivity contribution in [3.63, 3.8) is 0 Å². The van der Waals surface area contributed by atoms with Crippen molar-refractivity contribution in [1.82, 2.24) is 10.6 Å². The Bertz CT molecular complexity index is 747. The number of ether oxygens (including phenoxy) is 2. The van der Waals surface area contributed by atoms with Crippen LogP contribution in [0.1, 0.15) is 29.3 Å². The van der Waals surface area contributed by atoms with Crippen molar-refractivity contribution in [3.8, 4) is 5.75 Å². The summed E-state index contributed by atoms with van der Waals surface area (Å²) in [4.78, 5) is 16.0. The third-order valence-corrected chi connectivity index (χ3v) is 4.63. The van der Waals surface area contributed by atoms with Gasteiger partial charge in [-0.05, 0) is 31.0 Å². The van der Waals surface area contributed by atoms with Crippen LogP contribution in [-0.4, -0.2) is 59.7 Å². The molecule has 0 radical (unpaired) electrons. The number of benzene rings is 1. The number of nitrogens with one attached hydrogen (secondary N) is 2. The van der Waals surface area contributed by atoms with Gasteiger partial charge >= 0.3 is 5.97 Å². The van der Waals surface area contributed by atoms with Crippen LogP contribution in [0.5, 0.6) is 5.75 Å². The molecule has 0 aliphatic heterocycles. The van der Waals surface area contributed by atoms with Gasteiger partial charge in [-0.2, -0.15) is 0 Å². The van der Waals surface area contributed by atoms with Crippen molar-refractivity contribution < 1.29 is 22.7 Å². The second kappa shape index (κ2) is 10.0. The smallest absolute Gasteiger partial charge is 0.341 e. The zero-order chi connectivity index (χ0) is 19.7. The van der Waals surface area contributed by atoms with E-state index in [-0.39, 0.29) is 11.8 Å². The Hall–Kier alpha value is -2.29. The predicted octanol–water partition coefficient (Wildman–Crippen LogP) is 0.970. The minimum Gasteiger partial charge on any atom is -0.496 e. The van der Waals surface area contributed by atoms with Crippen molar-refractivity contribution in [2.75, 3.05) is 33.3 Å². The van der Waals surface area contributed by atoms with Crippen LogP contribution < -0.4 is 15.4 Å². The summed E-state index contributed by atoms with van der Waals surface area (Å²) in [5.41, 5.74) is 1.19. The first-order valence-corrected chi connectivity index (χ1v) is 10.2. The SMILES string of the molecule is CN=C(NCc1ccc(OC)c(C(=O)OC)c1)NC(C)CCS(C)(=O)=O. The minimum absolute atomic E-state index is 0.0579. The molecule has 0 fully saturated rings. The highest BCUT2D eigenvalue weighted by Crippen LogP contribution is 2.20. The molecule has 1 rings (SSSR count). The van der Waals surface area contributed by atoms with E-state index in [2.05, 4.69) is 15.6 Å². The Kier molecular flexibility index (Phi) is 8.37. The normalized spacial score (nSPS) is 13.0. The van der Waals surface area contributed by atoms with Crippen molar-refractivity contribution >= 4 is 21.8 Å². The van der Waals surface area contributed by atoms with E-state index in [9.17, 15) is 13.2 Å². The van der Waals surface area contributed by atoms with Crippen LogP contribution in [0.2, 0.25) is 0 Å². The van der Waals surface area contributed by atoms with E-state index in [1.807, 2.05) is 13.0 Å². The van der Waals surface area contributed by atoms with Crippen LogP contribution in [0, 0.1) is 0 Å². The second-order valence-corrected chi connectivity index (χ2v) is 8.18. The van der Waals surface area contributed by atoms with Gasteiger partial charge in [0.05, 0.1) is 20.0 Å². The van der Waals surface area contributed by atoms with Crippen LogP contribution in [0.4, 0.5) is 0 Å². The maximum Gasteiger partial charge on any atom is 0.341 e. The van der Waals surface area contributed by atoms with Gasteiger partial charge in [0, 0.05) is 25.9 Å². The standard InChI is InChI=1S/C17H27N3O5S/c1-12(8-9-26(5,22)23)20-17(18-2)19-11-13-6-7-15(24-3)14(10-13)16(21)25-4/h6-7,10,12H,8-9,11H2,1-5H3,(H2,18,19,20). The summed E-state index contributed by atoms with van der Waals surface area (Å²) in [5.74, 6) is 0.624. The monoisotopic (exact) mass is 385 g/mol. The lowest BCUT2D eigenvalue weighted by molar-refractivity contribution is 0.0597. The van der Waals surface area contributed by atoms with Gasteiger partial charge in [0.15, 0.2) is 5.96 Å². The number of guanidine groups is 1. The van der Waals surface area contributed by atoms with E-state index in [4.69, 9.17) is 9.47 Å². The molecule has 9 heteroatoms. The van der Waals surface area contributed by atoms with E-state index in [1.54, 1.807) is 19.2 Å². The molecule has 1 atom stereocenters. The lowest BCUT2D eigenvalue weighted by atomic mass is 10.1. The zero-order valence-corrected chi connectivity index (χ0v) is 16.6. The topological polar surface area (TPSA) is 106 Å². The number of carbonyl (C=O) groups is 1. The number of aliphatic imine (C=N–C) groups is 1. The highest BCUT2D eigenvalue weighted by atomic mass is 32.2. The van der Waals surface area contributed by atoms with Gasteiger partial charge in [0.2, 0.25) is 0 Å². The Labute approximate surface area is 154 Å². The van der Waals surface area contributed by atoms with Crippen LogP contribution in [0.25, 0.3) is 0 Å². The molecule has 0 saturated carbocycles.